The average Bonchev–Trinajstić information content (AvgIpc) is 2.76. The monoisotopic (exact) mass is 482 g/mol. The van der Waals surface area contributed by atoms with Crippen LogP contribution in [0, 0.1) is 0 Å². The van der Waals surface area contributed by atoms with E-state index in [0.717, 1.165) is 22.3 Å². The van der Waals surface area contributed by atoms with Crippen molar-refractivity contribution < 1.29 is 19.8 Å². The lowest BCUT2D eigenvalue weighted by Gasteiger charge is -2.21. The zero-order chi connectivity index (χ0) is 26.2. The van der Waals surface area contributed by atoms with Gasteiger partial charge in [-0.25, -0.2) is 0 Å². The van der Waals surface area contributed by atoms with Crippen molar-refractivity contribution >= 4 is 11.8 Å². The van der Waals surface area contributed by atoms with Gasteiger partial charge < -0.3 is 20.8 Å². The first-order chi connectivity index (χ1) is 16.3. The van der Waals surface area contributed by atoms with Gasteiger partial charge in [-0.15, -0.1) is 0 Å². The molecule has 0 atom stereocenters. The summed E-state index contributed by atoms with van der Waals surface area (Å²) in [6, 6.07) is 11.1. The molecule has 6 nitrogen and oxygen atoms in total. The van der Waals surface area contributed by atoms with Crippen molar-refractivity contribution in [1.29, 1.82) is 0 Å². The Morgan fingerprint density at radius 1 is 0.686 bits per heavy atom. The molecule has 0 aliphatic heterocycles. The first-order valence-electron chi connectivity index (χ1n) is 12.5. The van der Waals surface area contributed by atoms with Crippen LogP contribution < -0.4 is 10.6 Å². The minimum Gasteiger partial charge on any atom is -0.508 e. The van der Waals surface area contributed by atoms with Crippen LogP contribution >= 0.6 is 0 Å². The quantitative estimate of drug-likeness (QED) is 0.363. The number of hydrogen-bond donors (Lipinski definition) is 4. The molecule has 0 saturated carbocycles. The van der Waals surface area contributed by atoms with E-state index in [1.807, 2.05) is 65.8 Å². The molecule has 192 valence electrons. The molecule has 4 N–H and O–H groups in total. The van der Waals surface area contributed by atoms with Gasteiger partial charge in [0.05, 0.1) is 0 Å². The third-order valence-electron chi connectivity index (χ3n) is 6.02. The summed E-state index contributed by atoms with van der Waals surface area (Å²) in [5.74, 6) is 0.517. The number of amides is 2. The summed E-state index contributed by atoms with van der Waals surface area (Å²) in [6.07, 6.45) is 2.65. The second-order valence-electron chi connectivity index (χ2n) is 11.3. The van der Waals surface area contributed by atoms with Crippen molar-refractivity contribution in [3.05, 3.63) is 58.7 Å². The molecule has 0 radical (unpaired) electrons. The van der Waals surface area contributed by atoms with Crippen LogP contribution in [0.5, 0.6) is 11.5 Å². The number of rotatable bonds is 10. The fourth-order valence-corrected chi connectivity index (χ4v) is 3.92. The van der Waals surface area contributed by atoms with Crippen LogP contribution in [0.1, 0.15) is 83.1 Å². The Kier molecular flexibility index (Phi) is 9.75. The predicted octanol–water partition coefficient (Wildman–Crippen LogP) is 4.88. The van der Waals surface area contributed by atoms with Crippen molar-refractivity contribution in [2.24, 2.45) is 0 Å². The normalized spacial score (nSPS) is 11.8. The number of aryl methyl sites for hydroxylation is 2. The molecule has 0 fully saturated rings. The molecule has 0 spiro atoms. The van der Waals surface area contributed by atoms with Crippen LogP contribution in [0.25, 0.3) is 0 Å². The highest BCUT2D eigenvalue weighted by Gasteiger charge is 2.19. The van der Waals surface area contributed by atoms with Crippen molar-refractivity contribution in [2.45, 2.75) is 84.5 Å². The Labute approximate surface area is 210 Å². The van der Waals surface area contributed by atoms with Gasteiger partial charge in [0, 0.05) is 25.9 Å². The maximum Gasteiger partial charge on any atom is 0.220 e. The summed E-state index contributed by atoms with van der Waals surface area (Å²) in [7, 11) is 0. The molecule has 0 aromatic heterocycles. The van der Waals surface area contributed by atoms with Crippen LogP contribution in [0.15, 0.2) is 36.4 Å². The minimum atomic E-state index is -0.161. The van der Waals surface area contributed by atoms with E-state index in [0.29, 0.717) is 45.2 Å². The summed E-state index contributed by atoms with van der Waals surface area (Å²) in [5, 5.41) is 26.0. The fraction of sp³-hybridized carbons (Fsp3) is 0.517. The molecule has 2 aromatic rings. The van der Waals surface area contributed by atoms with E-state index in [1.165, 1.54) is 0 Å². The van der Waals surface area contributed by atoms with Crippen LogP contribution in [0.3, 0.4) is 0 Å². The number of benzene rings is 2. The van der Waals surface area contributed by atoms with Gasteiger partial charge in [-0.05, 0) is 64.5 Å². The lowest BCUT2D eigenvalue weighted by Crippen LogP contribution is -2.30. The SMILES string of the molecule is CC(C)(C)c1cc(CCC(=O)NCCCNC(=O)CCc2ccc(O)c(C(C)(C)C)c2)ccc1O. The Balaban J connectivity index is 1.65. The second-order valence-corrected chi connectivity index (χ2v) is 11.3. The number of hydrogen-bond acceptors (Lipinski definition) is 4. The van der Waals surface area contributed by atoms with Gasteiger partial charge >= 0.3 is 0 Å². The van der Waals surface area contributed by atoms with Gasteiger partial charge in [-0.1, -0.05) is 65.8 Å². The topological polar surface area (TPSA) is 98.7 Å². The number of carbonyl (C=O) groups is 2. The van der Waals surface area contributed by atoms with Crippen LogP contribution in [-0.4, -0.2) is 35.1 Å². The minimum absolute atomic E-state index is 0.0244. The molecule has 0 aliphatic carbocycles. The molecule has 0 aliphatic rings. The molecule has 6 heteroatoms. The van der Waals surface area contributed by atoms with Crippen LogP contribution in [-0.2, 0) is 33.3 Å². The Hall–Kier alpha value is -3.02. The zero-order valence-corrected chi connectivity index (χ0v) is 22.1. The number of nitrogens with one attached hydrogen (secondary N) is 2. The van der Waals surface area contributed by atoms with E-state index in [-0.39, 0.29) is 34.1 Å². The predicted molar refractivity (Wildman–Crippen MR) is 141 cm³/mol. The number of aromatic hydroxyl groups is 2. The zero-order valence-electron chi connectivity index (χ0n) is 22.1. The summed E-state index contributed by atoms with van der Waals surface area (Å²) in [4.78, 5) is 24.4. The maximum absolute atomic E-state index is 12.2. The number of phenols is 2. The van der Waals surface area contributed by atoms with Gasteiger partial charge in [0.25, 0.3) is 0 Å². The van der Waals surface area contributed by atoms with Crippen molar-refractivity contribution in [3.8, 4) is 11.5 Å². The van der Waals surface area contributed by atoms with Gasteiger partial charge in [-0.2, -0.15) is 0 Å². The Morgan fingerprint density at radius 2 is 1.06 bits per heavy atom. The third-order valence-corrected chi connectivity index (χ3v) is 6.02. The van der Waals surface area contributed by atoms with Crippen LogP contribution in [0.4, 0.5) is 0 Å². The Morgan fingerprint density at radius 3 is 1.40 bits per heavy atom. The van der Waals surface area contributed by atoms with E-state index in [9.17, 15) is 19.8 Å². The summed E-state index contributed by atoms with van der Waals surface area (Å²) in [6.45, 7) is 13.3. The molecule has 2 aromatic carbocycles. The third kappa shape index (κ3) is 9.27. The molecule has 0 bridgehead atoms. The Bertz CT molecular complexity index is 935. The average molecular weight is 483 g/mol. The van der Waals surface area contributed by atoms with Gasteiger partial charge in [0.2, 0.25) is 11.8 Å². The smallest absolute Gasteiger partial charge is 0.220 e. The van der Waals surface area contributed by atoms with Crippen molar-refractivity contribution in [2.75, 3.05) is 13.1 Å². The van der Waals surface area contributed by atoms with Gasteiger partial charge in [0.15, 0.2) is 0 Å². The molecule has 2 amide bonds. The first kappa shape index (κ1) is 28.2. The number of carbonyl (C=O) groups excluding carboxylic acids is 2. The molecule has 0 saturated heterocycles. The second kappa shape index (κ2) is 12.1. The molecule has 0 unspecified atom stereocenters. The van der Waals surface area contributed by atoms with E-state index in [1.54, 1.807) is 12.1 Å². The summed E-state index contributed by atoms with van der Waals surface area (Å²) in [5.41, 5.74) is 3.49. The molecular weight excluding hydrogens is 440 g/mol. The maximum atomic E-state index is 12.2. The highest BCUT2D eigenvalue weighted by Crippen LogP contribution is 2.32. The number of phenolic OH excluding ortho intramolecular Hbond substituents is 2. The standard InChI is InChI=1S/C29H42N2O4/c1-28(2,3)22-18-20(8-12-24(22)32)10-14-26(34)30-16-7-17-31-27(35)15-11-21-9-13-25(33)23(19-21)29(4,5)6/h8-9,12-13,18-19,32-33H,7,10-11,14-17H2,1-6H3,(H,30,34)(H,31,35). The molecule has 2 rings (SSSR count). The van der Waals surface area contributed by atoms with Crippen molar-refractivity contribution in [1.82, 2.24) is 10.6 Å². The van der Waals surface area contributed by atoms with E-state index < -0.39 is 0 Å². The lowest BCUT2D eigenvalue weighted by atomic mass is 9.85. The van der Waals surface area contributed by atoms with E-state index in [2.05, 4.69) is 10.6 Å². The largest absolute Gasteiger partial charge is 0.508 e. The first-order valence-corrected chi connectivity index (χ1v) is 12.5. The fourth-order valence-electron chi connectivity index (χ4n) is 3.92. The van der Waals surface area contributed by atoms with Crippen LogP contribution in [0.2, 0.25) is 0 Å². The van der Waals surface area contributed by atoms with Crippen molar-refractivity contribution in [3.63, 3.8) is 0 Å². The highest BCUT2D eigenvalue weighted by molar-refractivity contribution is 5.76. The molecule has 0 heterocycles. The van der Waals surface area contributed by atoms with E-state index in [4.69, 9.17) is 0 Å². The van der Waals surface area contributed by atoms with E-state index >= 15 is 0 Å². The van der Waals surface area contributed by atoms with Gasteiger partial charge in [-0.3, -0.25) is 9.59 Å². The summed E-state index contributed by atoms with van der Waals surface area (Å²) >= 11 is 0. The highest BCUT2D eigenvalue weighted by atomic mass is 16.3. The summed E-state index contributed by atoms with van der Waals surface area (Å²) < 4.78 is 0. The molecular formula is C29H42N2O4. The van der Waals surface area contributed by atoms with Gasteiger partial charge in [0.1, 0.15) is 11.5 Å². The lowest BCUT2D eigenvalue weighted by molar-refractivity contribution is -0.121. The molecule has 35 heavy (non-hydrogen) atoms.